The van der Waals surface area contributed by atoms with Crippen molar-refractivity contribution in [1.29, 1.82) is 0 Å². The Labute approximate surface area is 247 Å². The van der Waals surface area contributed by atoms with Crippen molar-refractivity contribution in [2.45, 2.75) is 0 Å². The second-order valence-electron chi connectivity index (χ2n) is 10.9. The minimum Gasteiger partial charge on any atom is -0.308 e. The summed E-state index contributed by atoms with van der Waals surface area (Å²) in [6.07, 6.45) is 0. The maximum absolute atomic E-state index is 2.47. The van der Waals surface area contributed by atoms with E-state index in [1.54, 1.807) is 0 Å². The standard InChI is InChI=1S/C40H25NS/c1-2-12-29(13-3-1)41(36-18-9-16-34-32-15-6-7-19-37(32)42-40(34)36)35-17-8-11-27-20-21-28-23-24-31-30-14-5-4-10-26(30)22-25-33(31)38(28)39(27)35/h1-25H. The van der Waals surface area contributed by atoms with E-state index in [4.69, 9.17) is 0 Å². The first-order valence-electron chi connectivity index (χ1n) is 14.4. The third-order valence-corrected chi connectivity index (χ3v) is 9.81. The van der Waals surface area contributed by atoms with Gasteiger partial charge in [-0.1, -0.05) is 121 Å². The fourth-order valence-corrected chi connectivity index (χ4v) is 7.96. The summed E-state index contributed by atoms with van der Waals surface area (Å²) in [5.41, 5.74) is 3.54. The van der Waals surface area contributed by atoms with Gasteiger partial charge >= 0.3 is 0 Å². The molecule has 0 N–H and O–H groups in total. The first-order valence-corrected chi connectivity index (χ1v) is 15.2. The maximum atomic E-state index is 2.47. The lowest BCUT2D eigenvalue weighted by molar-refractivity contribution is 1.32. The van der Waals surface area contributed by atoms with Crippen LogP contribution in [0.15, 0.2) is 152 Å². The Bertz CT molecular complexity index is 2470. The number of rotatable bonds is 3. The number of fused-ring (bicyclic) bond motifs is 10. The normalized spacial score (nSPS) is 11.8. The molecule has 0 aliphatic carbocycles. The van der Waals surface area contributed by atoms with Gasteiger partial charge in [0.1, 0.15) is 0 Å². The van der Waals surface area contributed by atoms with Crippen molar-refractivity contribution in [3.8, 4) is 0 Å². The number of para-hydroxylation sites is 1. The number of anilines is 3. The van der Waals surface area contributed by atoms with Gasteiger partial charge in [0.25, 0.3) is 0 Å². The van der Waals surface area contributed by atoms with Crippen molar-refractivity contribution < 1.29 is 0 Å². The molecule has 0 unspecified atom stereocenters. The summed E-state index contributed by atoms with van der Waals surface area (Å²) in [7, 11) is 0. The first-order chi connectivity index (χ1) is 20.8. The van der Waals surface area contributed by atoms with Crippen LogP contribution in [0.3, 0.4) is 0 Å². The van der Waals surface area contributed by atoms with Gasteiger partial charge in [0.05, 0.1) is 16.1 Å². The summed E-state index contributed by atoms with van der Waals surface area (Å²) in [5.74, 6) is 0. The van der Waals surface area contributed by atoms with E-state index < -0.39 is 0 Å². The molecule has 0 atom stereocenters. The Hall–Kier alpha value is -5.18. The zero-order chi connectivity index (χ0) is 27.6. The van der Waals surface area contributed by atoms with Crippen molar-refractivity contribution in [2.24, 2.45) is 0 Å². The van der Waals surface area contributed by atoms with Crippen molar-refractivity contribution in [3.05, 3.63) is 152 Å². The summed E-state index contributed by atoms with van der Waals surface area (Å²) in [5, 5.41) is 12.8. The number of hydrogen-bond donors (Lipinski definition) is 0. The predicted octanol–water partition coefficient (Wildman–Crippen LogP) is 12.1. The summed E-state index contributed by atoms with van der Waals surface area (Å²) >= 11 is 1.88. The fraction of sp³-hybridized carbons (Fsp3) is 0. The fourth-order valence-electron chi connectivity index (χ4n) is 6.75. The third-order valence-electron chi connectivity index (χ3n) is 8.61. The Balaban J connectivity index is 1.44. The van der Waals surface area contributed by atoms with Crippen molar-refractivity contribution in [1.82, 2.24) is 0 Å². The van der Waals surface area contributed by atoms with Gasteiger partial charge in [-0.2, -0.15) is 0 Å². The summed E-state index contributed by atoms with van der Waals surface area (Å²) in [6.45, 7) is 0. The van der Waals surface area contributed by atoms with Crippen LogP contribution in [0.4, 0.5) is 17.1 Å². The molecule has 8 aromatic carbocycles. The van der Waals surface area contributed by atoms with Gasteiger partial charge in [0.15, 0.2) is 0 Å². The van der Waals surface area contributed by atoms with E-state index in [0.29, 0.717) is 0 Å². The van der Waals surface area contributed by atoms with Crippen LogP contribution in [0.5, 0.6) is 0 Å². The highest BCUT2D eigenvalue weighted by Gasteiger charge is 2.21. The Morgan fingerprint density at radius 2 is 0.976 bits per heavy atom. The lowest BCUT2D eigenvalue weighted by atomic mass is 9.92. The topological polar surface area (TPSA) is 3.24 Å². The molecule has 0 amide bonds. The van der Waals surface area contributed by atoms with Gasteiger partial charge in [-0.05, 0) is 68.0 Å². The Morgan fingerprint density at radius 1 is 0.357 bits per heavy atom. The molecule has 0 aliphatic heterocycles. The van der Waals surface area contributed by atoms with Gasteiger partial charge in [-0.15, -0.1) is 11.3 Å². The van der Waals surface area contributed by atoms with Gasteiger partial charge in [0.2, 0.25) is 0 Å². The number of thiophene rings is 1. The lowest BCUT2D eigenvalue weighted by Gasteiger charge is -2.28. The van der Waals surface area contributed by atoms with Crippen LogP contribution < -0.4 is 4.90 Å². The van der Waals surface area contributed by atoms with Crippen molar-refractivity contribution in [2.75, 3.05) is 4.90 Å². The smallest absolute Gasteiger partial charge is 0.0640 e. The molecule has 2 heteroatoms. The quantitative estimate of drug-likeness (QED) is 0.197. The van der Waals surface area contributed by atoms with Crippen LogP contribution in [0.25, 0.3) is 63.3 Å². The van der Waals surface area contributed by atoms with E-state index in [9.17, 15) is 0 Å². The van der Waals surface area contributed by atoms with Crippen LogP contribution in [0.2, 0.25) is 0 Å². The maximum Gasteiger partial charge on any atom is 0.0640 e. The molecule has 1 nitrogen and oxygen atoms in total. The molecule has 1 heterocycles. The predicted molar refractivity (Wildman–Crippen MR) is 184 cm³/mol. The zero-order valence-electron chi connectivity index (χ0n) is 22.8. The summed E-state index contributed by atoms with van der Waals surface area (Å²) < 4.78 is 2.62. The van der Waals surface area contributed by atoms with Crippen LogP contribution in [-0.2, 0) is 0 Å². The number of benzene rings is 8. The van der Waals surface area contributed by atoms with Crippen molar-refractivity contribution in [3.63, 3.8) is 0 Å². The molecule has 9 aromatic rings. The molecule has 42 heavy (non-hydrogen) atoms. The SMILES string of the molecule is c1ccc(N(c2cccc3c2sc2ccccc23)c2cccc3ccc4ccc5c6ccccc6ccc5c4c23)cc1. The van der Waals surface area contributed by atoms with E-state index in [1.165, 1.54) is 74.6 Å². The molecule has 0 saturated heterocycles. The van der Waals surface area contributed by atoms with Crippen LogP contribution in [0.1, 0.15) is 0 Å². The Morgan fingerprint density at radius 3 is 1.88 bits per heavy atom. The van der Waals surface area contributed by atoms with E-state index in [0.717, 1.165) is 5.69 Å². The molecule has 0 fully saturated rings. The van der Waals surface area contributed by atoms with E-state index >= 15 is 0 Å². The summed E-state index contributed by atoms with van der Waals surface area (Å²) in [6, 6.07) is 55.5. The van der Waals surface area contributed by atoms with Gasteiger partial charge in [0, 0.05) is 26.5 Å². The highest BCUT2D eigenvalue weighted by atomic mass is 32.1. The third kappa shape index (κ3) is 3.43. The average molecular weight is 552 g/mol. The first kappa shape index (κ1) is 23.5. The van der Waals surface area contributed by atoms with E-state index in [1.807, 2.05) is 11.3 Å². The molecular weight excluding hydrogens is 527 g/mol. The number of nitrogens with zero attached hydrogens (tertiary/aromatic N) is 1. The van der Waals surface area contributed by atoms with Gasteiger partial charge in [-0.25, -0.2) is 0 Å². The largest absolute Gasteiger partial charge is 0.308 e. The molecule has 1 aromatic heterocycles. The molecule has 0 radical (unpaired) electrons. The monoisotopic (exact) mass is 551 g/mol. The van der Waals surface area contributed by atoms with Gasteiger partial charge < -0.3 is 4.90 Å². The minimum atomic E-state index is 1.15. The Kier molecular flexibility index (Phi) is 5.13. The minimum absolute atomic E-state index is 1.15. The van der Waals surface area contributed by atoms with Gasteiger partial charge in [-0.3, -0.25) is 0 Å². The second-order valence-corrected chi connectivity index (χ2v) is 12.0. The highest BCUT2D eigenvalue weighted by molar-refractivity contribution is 7.26. The lowest BCUT2D eigenvalue weighted by Crippen LogP contribution is -2.10. The molecule has 0 spiro atoms. The van der Waals surface area contributed by atoms with Crippen molar-refractivity contribution >= 4 is 91.7 Å². The van der Waals surface area contributed by atoms with E-state index in [-0.39, 0.29) is 0 Å². The summed E-state index contributed by atoms with van der Waals surface area (Å²) in [4.78, 5) is 2.47. The molecule has 196 valence electrons. The van der Waals surface area contributed by atoms with Crippen LogP contribution in [-0.4, -0.2) is 0 Å². The van der Waals surface area contributed by atoms with E-state index in [2.05, 4.69) is 157 Å². The molecule has 0 bridgehead atoms. The highest BCUT2D eigenvalue weighted by Crippen LogP contribution is 2.48. The molecule has 0 aliphatic rings. The molecule has 0 saturated carbocycles. The number of hydrogen-bond acceptors (Lipinski definition) is 2. The second kappa shape index (κ2) is 9.17. The average Bonchev–Trinajstić information content (AvgIpc) is 3.44. The van der Waals surface area contributed by atoms with Crippen LogP contribution >= 0.6 is 11.3 Å². The molecular formula is C40H25NS. The molecule has 9 rings (SSSR count). The van der Waals surface area contributed by atoms with Crippen LogP contribution in [0, 0.1) is 0 Å². The zero-order valence-corrected chi connectivity index (χ0v) is 23.6.